The summed E-state index contributed by atoms with van der Waals surface area (Å²) in [5.74, 6) is 1.05. The molecule has 5 heterocycles. The van der Waals surface area contributed by atoms with E-state index >= 15 is 0 Å². The number of aliphatic hydroxyl groups excluding tert-OH is 1. The van der Waals surface area contributed by atoms with Gasteiger partial charge < -0.3 is 29.4 Å². The van der Waals surface area contributed by atoms with E-state index in [9.17, 15) is 9.90 Å². The standard InChI is InChI=1S/C35H32N4O4S/c1-42-31-16-21-11-13-39-30(26(21)17-27(31)25-8-5-12-36-35(25)43-2)18-28(33(39)32-10-6-14-44-32)34(41)38-23(20-40)15-22-19-37-29-9-4-3-7-24(22)29/h3-10,12,14,16-19,23,37,40H,11,13,15,20H2,1-2H3,(H,38,41). The minimum atomic E-state index is -0.448. The van der Waals surface area contributed by atoms with Gasteiger partial charge >= 0.3 is 0 Å². The maximum atomic E-state index is 14.0. The number of thiophene rings is 1. The van der Waals surface area contributed by atoms with Gasteiger partial charge in [-0.25, -0.2) is 4.98 Å². The van der Waals surface area contributed by atoms with Crippen LogP contribution in [-0.4, -0.2) is 52.4 Å². The first-order valence-electron chi connectivity index (χ1n) is 14.5. The Bertz CT molecular complexity index is 1970. The van der Waals surface area contributed by atoms with E-state index in [0.29, 0.717) is 17.9 Å². The number of nitrogens with zero attached hydrogens (tertiary/aromatic N) is 2. The second-order valence-corrected chi connectivity index (χ2v) is 11.8. The molecule has 0 fully saturated rings. The molecule has 3 N–H and O–H groups in total. The molecular weight excluding hydrogens is 572 g/mol. The third-order valence-electron chi connectivity index (χ3n) is 8.35. The van der Waals surface area contributed by atoms with Gasteiger partial charge in [0.05, 0.1) is 43.0 Å². The van der Waals surface area contributed by atoms with E-state index in [1.165, 1.54) is 0 Å². The Kier molecular flexibility index (Phi) is 7.41. The summed E-state index contributed by atoms with van der Waals surface area (Å²) in [6.45, 7) is 0.548. The minimum absolute atomic E-state index is 0.175. The second-order valence-electron chi connectivity index (χ2n) is 10.9. The molecule has 1 atom stereocenters. The number of fused-ring (bicyclic) bond motifs is 4. The Morgan fingerprint density at radius 1 is 1.07 bits per heavy atom. The SMILES string of the molecule is COc1cc2c(cc1-c1cccnc1OC)-c1cc(C(=O)NC(CO)Cc3c[nH]c4ccccc34)c(-c3cccs3)n1CC2. The number of aliphatic hydroxyl groups is 1. The van der Waals surface area contributed by atoms with E-state index in [1.54, 1.807) is 31.8 Å². The Balaban J connectivity index is 1.29. The van der Waals surface area contributed by atoms with Crippen molar-refractivity contribution < 1.29 is 19.4 Å². The highest BCUT2D eigenvalue weighted by molar-refractivity contribution is 7.13. The number of para-hydroxylation sites is 1. The van der Waals surface area contributed by atoms with Gasteiger partial charge in [0.1, 0.15) is 5.75 Å². The van der Waals surface area contributed by atoms with Crippen LogP contribution in [0.3, 0.4) is 0 Å². The zero-order valence-corrected chi connectivity index (χ0v) is 25.3. The van der Waals surface area contributed by atoms with E-state index in [1.807, 2.05) is 54.0 Å². The summed E-state index contributed by atoms with van der Waals surface area (Å²) in [5, 5.41) is 16.6. The number of hydrogen-bond donors (Lipinski definition) is 3. The predicted octanol–water partition coefficient (Wildman–Crippen LogP) is 6.33. The summed E-state index contributed by atoms with van der Waals surface area (Å²) in [7, 11) is 3.28. The van der Waals surface area contributed by atoms with Crippen molar-refractivity contribution in [1.82, 2.24) is 19.9 Å². The quantitative estimate of drug-likeness (QED) is 0.179. The highest BCUT2D eigenvalue weighted by atomic mass is 32.1. The molecule has 6 aromatic rings. The summed E-state index contributed by atoms with van der Waals surface area (Å²) in [5.41, 5.74) is 8.40. The van der Waals surface area contributed by atoms with Gasteiger partial charge in [-0.3, -0.25) is 4.79 Å². The third kappa shape index (κ3) is 4.84. The number of carbonyl (C=O) groups excluding carboxylic acids is 1. The molecule has 44 heavy (non-hydrogen) atoms. The summed E-state index contributed by atoms with van der Waals surface area (Å²) in [4.78, 5) is 22.7. The Labute approximate surface area is 258 Å². The van der Waals surface area contributed by atoms with Crippen LogP contribution >= 0.6 is 11.3 Å². The summed E-state index contributed by atoms with van der Waals surface area (Å²) in [6.07, 6.45) is 4.95. The Morgan fingerprint density at radius 3 is 2.75 bits per heavy atom. The fourth-order valence-corrected chi connectivity index (χ4v) is 7.08. The van der Waals surface area contributed by atoms with Crippen molar-refractivity contribution >= 4 is 28.1 Å². The van der Waals surface area contributed by atoms with Crippen molar-refractivity contribution in [3.63, 3.8) is 0 Å². The maximum Gasteiger partial charge on any atom is 0.253 e. The smallest absolute Gasteiger partial charge is 0.253 e. The molecule has 222 valence electrons. The van der Waals surface area contributed by atoms with Crippen molar-refractivity contribution in [1.29, 1.82) is 0 Å². The lowest BCUT2D eigenvalue weighted by molar-refractivity contribution is 0.0917. The van der Waals surface area contributed by atoms with Gasteiger partial charge in [-0.1, -0.05) is 24.3 Å². The van der Waals surface area contributed by atoms with Crippen LogP contribution < -0.4 is 14.8 Å². The number of aryl methyl sites for hydroxylation is 1. The predicted molar refractivity (Wildman–Crippen MR) is 174 cm³/mol. The van der Waals surface area contributed by atoms with Crippen LogP contribution in [0, 0.1) is 0 Å². The van der Waals surface area contributed by atoms with Crippen LogP contribution in [0.15, 0.2) is 84.5 Å². The van der Waals surface area contributed by atoms with E-state index in [2.05, 4.69) is 44.1 Å². The molecule has 1 aliphatic rings. The first kappa shape index (κ1) is 27.9. The van der Waals surface area contributed by atoms with E-state index in [-0.39, 0.29) is 12.5 Å². The lowest BCUT2D eigenvalue weighted by Gasteiger charge is -2.24. The minimum Gasteiger partial charge on any atom is -0.496 e. The topological polar surface area (TPSA) is 101 Å². The number of rotatable bonds is 9. The Morgan fingerprint density at radius 2 is 1.95 bits per heavy atom. The first-order valence-corrected chi connectivity index (χ1v) is 15.4. The van der Waals surface area contributed by atoms with Crippen molar-refractivity contribution in [3.05, 3.63) is 101 Å². The number of ether oxygens (including phenoxy) is 2. The van der Waals surface area contributed by atoms with Gasteiger partial charge in [0.15, 0.2) is 0 Å². The normalized spacial score (nSPS) is 12.9. The molecule has 4 aromatic heterocycles. The van der Waals surface area contributed by atoms with Crippen molar-refractivity contribution in [2.45, 2.75) is 25.4 Å². The summed E-state index contributed by atoms with van der Waals surface area (Å²) < 4.78 is 13.6. The number of benzene rings is 2. The lowest BCUT2D eigenvalue weighted by atomic mass is 9.93. The molecule has 7 rings (SSSR count). The number of carbonyl (C=O) groups is 1. The van der Waals surface area contributed by atoms with Crippen LogP contribution in [0.2, 0.25) is 0 Å². The average Bonchev–Trinajstić information content (AvgIpc) is 3.83. The summed E-state index contributed by atoms with van der Waals surface area (Å²) >= 11 is 1.61. The number of aromatic nitrogens is 3. The number of nitrogens with one attached hydrogen (secondary N) is 2. The molecule has 9 heteroatoms. The number of aromatic amines is 1. The van der Waals surface area contributed by atoms with Crippen LogP contribution in [0.4, 0.5) is 0 Å². The number of amides is 1. The van der Waals surface area contributed by atoms with Gasteiger partial charge in [0.2, 0.25) is 5.88 Å². The number of hydrogen-bond acceptors (Lipinski definition) is 6. The number of pyridine rings is 1. The van der Waals surface area contributed by atoms with E-state index in [4.69, 9.17) is 9.47 Å². The van der Waals surface area contributed by atoms with Gasteiger partial charge in [-0.15, -0.1) is 11.3 Å². The molecule has 1 aliphatic heterocycles. The molecule has 0 spiro atoms. The van der Waals surface area contributed by atoms with Crippen LogP contribution in [0.25, 0.3) is 43.9 Å². The van der Waals surface area contributed by atoms with E-state index in [0.717, 1.165) is 73.7 Å². The maximum absolute atomic E-state index is 14.0. The highest BCUT2D eigenvalue weighted by Crippen LogP contribution is 2.44. The van der Waals surface area contributed by atoms with Crippen LogP contribution in [0.1, 0.15) is 21.5 Å². The van der Waals surface area contributed by atoms with Crippen LogP contribution in [0.5, 0.6) is 11.6 Å². The Hall–Kier alpha value is -4.86. The molecule has 0 radical (unpaired) electrons. The monoisotopic (exact) mass is 604 g/mol. The molecule has 0 aliphatic carbocycles. The molecule has 1 unspecified atom stereocenters. The van der Waals surface area contributed by atoms with Crippen molar-refractivity contribution in [2.75, 3.05) is 20.8 Å². The third-order valence-corrected chi connectivity index (χ3v) is 9.23. The van der Waals surface area contributed by atoms with Gasteiger partial charge in [0, 0.05) is 52.2 Å². The van der Waals surface area contributed by atoms with Gasteiger partial charge in [-0.2, -0.15) is 0 Å². The molecule has 0 saturated carbocycles. The van der Waals surface area contributed by atoms with Crippen molar-refractivity contribution in [3.8, 4) is 44.6 Å². The number of methoxy groups -OCH3 is 2. The lowest BCUT2D eigenvalue weighted by Crippen LogP contribution is -2.39. The zero-order valence-electron chi connectivity index (χ0n) is 24.5. The molecule has 0 bridgehead atoms. The molecule has 2 aromatic carbocycles. The molecule has 0 saturated heterocycles. The first-order chi connectivity index (χ1) is 21.6. The number of H-pyrrole nitrogens is 1. The van der Waals surface area contributed by atoms with Gasteiger partial charge in [-0.05, 0) is 71.8 Å². The second kappa shape index (κ2) is 11.7. The van der Waals surface area contributed by atoms with Crippen LogP contribution in [-0.2, 0) is 19.4 Å². The molecule has 1 amide bonds. The fraction of sp³-hybridized carbons (Fsp3) is 0.200. The van der Waals surface area contributed by atoms with Crippen molar-refractivity contribution in [2.24, 2.45) is 0 Å². The average molecular weight is 605 g/mol. The van der Waals surface area contributed by atoms with Gasteiger partial charge in [0.25, 0.3) is 5.91 Å². The molecule has 8 nitrogen and oxygen atoms in total. The molecular formula is C35H32N4O4S. The summed E-state index contributed by atoms with van der Waals surface area (Å²) in [6, 6.07) is 21.7. The fourth-order valence-electron chi connectivity index (χ4n) is 6.28. The zero-order chi connectivity index (χ0) is 30.2. The highest BCUT2D eigenvalue weighted by Gasteiger charge is 2.29. The van der Waals surface area contributed by atoms with E-state index < -0.39 is 6.04 Å². The largest absolute Gasteiger partial charge is 0.496 e.